The van der Waals surface area contributed by atoms with E-state index in [2.05, 4.69) is 22.1 Å². The first-order chi connectivity index (χ1) is 12.1. The highest BCUT2D eigenvalue weighted by molar-refractivity contribution is 7.13. The third-order valence-corrected chi connectivity index (χ3v) is 5.45. The van der Waals surface area contributed by atoms with Crippen LogP contribution >= 0.6 is 11.3 Å². The van der Waals surface area contributed by atoms with Gasteiger partial charge in [0.25, 0.3) is 0 Å². The van der Waals surface area contributed by atoms with Gasteiger partial charge in [-0.1, -0.05) is 25.1 Å². The first kappa shape index (κ1) is 18.0. The summed E-state index contributed by atoms with van der Waals surface area (Å²) in [5.41, 5.74) is 1.57. The summed E-state index contributed by atoms with van der Waals surface area (Å²) in [5.74, 6) is 0.426. The highest BCUT2D eigenvalue weighted by Crippen LogP contribution is 2.21. The number of hydrogen-bond acceptors (Lipinski definition) is 4. The van der Waals surface area contributed by atoms with Gasteiger partial charge in [-0.25, -0.2) is 9.37 Å². The lowest BCUT2D eigenvalue weighted by Crippen LogP contribution is -2.32. The molecule has 0 radical (unpaired) electrons. The van der Waals surface area contributed by atoms with Crippen LogP contribution in [0.1, 0.15) is 37.4 Å². The van der Waals surface area contributed by atoms with Gasteiger partial charge in [0.1, 0.15) is 5.82 Å². The second kappa shape index (κ2) is 8.54. The van der Waals surface area contributed by atoms with Crippen LogP contribution in [0.3, 0.4) is 0 Å². The van der Waals surface area contributed by atoms with E-state index in [1.165, 1.54) is 30.2 Å². The second-order valence-electron chi connectivity index (χ2n) is 6.74. The van der Waals surface area contributed by atoms with Crippen LogP contribution in [0.25, 0.3) is 0 Å². The molecule has 0 saturated carbocycles. The predicted molar refractivity (Wildman–Crippen MR) is 99.1 cm³/mol. The summed E-state index contributed by atoms with van der Waals surface area (Å²) in [6, 6.07) is 6.56. The summed E-state index contributed by atoms with van der Waals surface area (Å²) in [6.45, 7) is 5.37. The zero-order valence-electron chi connectivity index (χ0n) is 14.5. The van der Waals surface area contributed by atoms with E-state index in [0.717, 1.165) is 31.2 Å². The van der Waals surface area contributed by atoms with Crippen LogP contribution in [0.5, 0.6) is 0 Å². The number of amides is 1. The van der Waals surface area contributed by atoms with Crippen molar-refractivity contribution in [2.75, 3.05) is 18.4 Å². The minimum absolute atomic E-state index is 0.129. The molecule has 0 atom stereocenters. The number of aromatic nitrogens is 1. The largest absolute Gasteiger partial charge is 0.302 e. The third kappa shape index (κ3) is 5.34. The number of halogens is 1. The van der Waals surface area contributed by atoms with Crippen molar-refractivity contribution in [2.45, 2.75) is 39.2 Å². The fourth-order valence-electron chi connectivity index (χ4n) is 3.02. The van der Waals surface area contributed by atoms with E-state index < -0.39 is 0 Å². The van der Waals surface area contributed by atoms with Crippen molar-refractivity contribution >= 4 is 22.4 Å². The van der Waals surface area contributed by atoms with Gasteiger partial charge < -0.3 is 5.32 Å². The predicted octanol–water partition coefficient (Wildman–Crippen LogP) is 4.09. The Morgan fingerprint density at radius 3 is 2.88 bits per heavy atom. The van der Waals surface area contributed by atoms with Gasteiger partial charge in [0.2, 0.25) is 5.91 Å². The normalized spacial score (nSPS) is 16.1. The van der Waals surface area contributed by atoms with E-state index in [9.17, 15) is 9.18 Å². The van der Waals surface area contributed by atoms with Crippen LogP contribution in [-0.4, -0.2) is 28.9 Å². The number of hydrogen-bond donors (Lipinski definition) is 1. The molecule has 1 saturated heterocycles. The number of nitrogens with one attached hydrogen (secondary N) is 1. The Labute approximate surface area is 152 Å². The Kier molecular flexibility index (Phi) is 6.15. The molecule has 0 bridgehead atoms. The van der Waals surface area contributed by atoms with Crippen molar-refractivity contribution in [1.29, 1.82) is 0 Å². The number of thiazole rings is 1. The van der Waals surface area contributed by atoms with Gasteiger partial charge in [0, 0.05) is 18.3 Å². The molecular formula is C19H24FN3OS. The lowest BCUT2D eigenvalue weighted by molar-refractivity contribution is -0.116. The average Bonchev–Trinajstić information content (AvgIpc) is 3.03. The van der Waals surface area contributed by atoms with Gasteiger partial charge >= 0.3 is 0 Å². The van der Waals surface area contributed by atoms with Crippen molar-refractivity contribution in [3.8, 4) is 0 Å². The van der Waals surface area contributed by atoms with Crippen LogP contribution in [-0.2, 0) is 17.8 Å². The van der Waals surface area contributed by atoms with Crippen LogP contribution in [0.15, 0.2) is 29.6 Å². The molecule has 1 aromatic heterocycles. The molecule has 2 aromatic rings. The number of carbonyl (C=O) groups is 1. The van der Waals surface area contributed by atoms with E-state index in [1.807, 2.05) is 5.38 Å². The summed E-state index contributed by atoms with van der Waals surface area (Å²) in [5, 5.41) is 5.45. The number of carbonyl (C=O) groups excluding carboxylic acids is 1. The number of aryl methyl sites for hydroxylation is 1. The minimum Gasteiger partial charge on any atom is -0.302 e. The summed E-state index contributed by atoms with van der Waals surface area (Å²) in [6.07, 6.45) is 3.12. The lowest BCUT2D eigenvalue weighted by atomic mass is 9.99. The van der Waals surface area contributed by atoms with Crippen molar-refractivity contribution < 1.29 is 9.18 Å². The van der Waals surface area contributed by atoms with E-state index in [0.29, 0.717) is 17.1 Å². The Hall–Kier alpha value is -1.79. The van der Waals surface area contributed by atoms with Crippen molar-refractivity contribution in [3.05, 3.63) is 46.7 Å². The topological polar surface area (TPSA) is 45.2 Å². The molecule has 134 valence electrons. The molecule has 25 heavy (non-hydrogen) atoms. The highest BCUT2D eigenvalue weighted by Gasteiger charge is 2.17. The van der Waals surface area contributed by atoms with E-state index in [-0.39, 0.29) is 18.1 Å². The molecule has 0 unspecified atom stereocenters. The summed E-state index contributed by atoms with van der Waals surface area (Å²) < 4.78 is 13.6. The number of piperidine rings is 1. The fraction of sp³-hybridized carbons (Fsp3) is 0.474. The number of benzene rings is 1. The molecule has 4 nitrogen and oxygen atoms in total. The zero-order valence-corrected chi connectivity index (χ0v) is 15.3. The molecular weight excluding hydrogens is 337 g/mol. The standard InChI is InChI=1S/C19H24FN3OS/c1-14-8-10-23(11-9-14)12-16-13-25-19(21-16)22-18(24)7-6-15-4-2-3-5-17(15)20/h2-5,13-14H,6-12H2,1H3,(H,21,22,24). The van der Waals surface area contributed by atoms with E-state index in [1.54, 1.807) is 18.2 Å². The van der Waals surface area contributed by atoms with Gasteiger partial charge in [-0.2, -0.15) is 0 Å². The van der Waals surface area contributed by atoms with Crippen LogP contribution < -0.4 is 5.32 Å². The fourth-order valence-corrected chi connectivity index (χ4v) is 3.74. The average molecular weight is 361 g/mol. The van der Waals surface area contributed by atoms with E-state index in [4.69, 9.17) is 0 Å². The first-order valence-corrected chi connectivity index (χ1v) is 9.68. The van der Waals surface area contributed by atoms with Crippen LogP contribution in [0.2, 0.25) is 0 Å². The molecule has 1 amide bonds. The third-order valence-electron chi connectivity index (χ3n) is 4.64. The number of anilines is 1. The maximum atomic E-state index is 13.6. The molecule has 0 spiro atoms. The van der Waals surface area contributed by atoms with Gasteiger partial charge in [-0.15, -0.1) is 11.3 Å². The maximum absolute atomic E-state index is 13.6. The smallest absolute Gasteiger partial charge is 0.226 e. The Morgan fingerprint density at radius 2 is 2.12 bits per heavy atom. The van der Waals surface area contributed by atoms with Gasteiger partial charge in [0.15, 0.2) is 5.13 Å². The molecule has 6 heteroatoms. The molecule has 1 fully saturated rings. The van der Waals surface area contributed by atoms with Gasteiger partial charge in [-0.05, 0) is 49.9 Å². The monoisotopic (exact) mass is 361 g/mol. The van der Waals surface area contributed by atoms with Crippen molar-refractivity contribution in [3.63, 3.8) is 0 Å². The highest BCUT2D eigenvalue weighted by atomic mass is 32.1. The molecule has 1 aliphatic rings. The summed E-state index contributed by atoms with van der Waals surface area (Å²) in [7, 11) is 0. The molecule has 1 N–H and O–H groups in total. The molecule has 2 heterocycles. The number of rotatable bonds is 6. The number of likely N-dealkylation sites (tertiary alicyclic amines) is 1. The SMILES string of the molecule is CC1CCN(Cc2csc(NC(=O)CCc3ccccc3F)n2)CC1. The molecule has 1 aromatic carbocycles. The quantitative estimate of drug-likeness (QED) is 0.843. The first-order valence-electron chi connectivity index (χ1n) is 8.80. The summed E-state index contributed by atoms with van der Waals surface area (Å²) >= 11 is 1.45. The van der Waals surface area contributed by atoms with Gasteiger partial charge in [0.05, 0.1) is 5.69 Å². The minimum atomic E-state index is -0.261. The second-order valence-corrected chi connectivity index (χ2v) is 7.60. The molecule has 0 aliphatic carbocycles. The molecule has 3 rings (SSSR count). The Balaban J connectivity index is 1.46. The number of nitrogens with zero attached hydrogens (tertiary/aromatic N) is 2. The van der Waals surface area contributed by atoms with E-state index >= 15 is 0 Å². The van der Waals surface area contributed by atoms with Crippen LogP contribution in [0, 0.1) is 11.7 Å². The van der Waals surface area contributed by atoms with Crippen molar-refractivity contribution in [1.82, 2.24) is 9.88 Å². The Morgan fingerprint density at radius 1 is 1.36 bits per heavy atom. The summed E-state index contributed by atoms with van der Waals surface area (Å²) in [4.78, 5) is 19.0. The zero-order chi connectivity index (χ0) is 17.6. The molecule has 1 aliphatic heterocycles. The lowest BCUT2D eigenvalue weighted by Gasteiger charge is -2.29. The van der Waals surface area contributed by atoms with Crippen molar-refractivity contribution in [2.24, 2.45) is 5.92 Å². The van der Waals surface area contributed by atoms with Gasteiger partial charge in [-0.3, -0.25) is 9.69 Å². The van der Waals surface area contributed by atoms with Crippen LogP contribution in [0.4, 0.5) is 9.52 Å². The Bertz CT molecular complexity index is 710. The maximum Gasteiger partial charge on any atom is 0.226 e.